The third kappa shape index (κ3) is 2.99. The molecule has 50 valence electrons. The zero-order valence-corrected chi connectivity index (χ0v) is 5.46. The smallest absolute Gasteiger partial charge is 0.0796 e. The van der Waals surface area contributed by atoms with Crippen LogP contribution in [0.2, 0.25) is 0 Å². The summed E-state index contributed by atoms with van der Waals surface area (Å²) in [6.45, 7) is 3.58. The van der Waals surface area contributed by atoms with Gasteiger partial charge in [0.2, 0.25) is 0 Å². The van der Waals surface area contributed by atoms with Crippen LogP contribution < -0.4 is 0 Å². The van der Waals surface area contributed by atoms with Gasteiger partial charge in [0.25, 0.3) is 0 Å². The van der Waals surface area contributed by atoms with E-state index in [0.29, 0.717) is 6.42 Å². The average molecular weight is 118 g/mol. The number of aliphatic hydroxyl groups is 2. The number of rotatable bonds is 3. The van der Waals surface area contributed by atoms with Crippen LogP contribution in [0.15, 0.2) is 0 Å². The molecule has 0 saturated heterocycles. The van der Waals surface area contributed by atoms with Crippen LogP contribution in [-0.2, 0) is 0 Å². The minimum Gasteiger partial charge on any atom is -0.391 e. The summed E-state index contributed by atoms with van der Waals surface area (Å²) < 4.78 is 0. The summed E-state index contributed by atoms with van der Waals surface area (Å²) in [7, 11) is 0. The molecule has 2 heteroatoms. The highest BCUT2D eigenvalue weighted by Gasteiger charge is 2.07. The van der Waals surface area contributed by atoms with Crippen molar-refractivity contribution in [3.63, 3.8) is 0 Å². The quantitative estimate of drug-likeness (QED) is 0.567. The van der Waals surface area contributed by atoms with Gasteiger partial charge in [0.05, 0.1) is 12.2 Å². The number of hydrogen-bond acceptors (Lipinski definition) is 2. The molecule has 0 fully saturated rings. The van der Waals surface area contributed by atoms with Crippen LogP contribution in [0.5, 0.6) is 0 Å². The molecule has 2 nitrogen and oxygen atoms in total. The molecule has 0 aliphatic carbocycles. The maximum atomic E-state index is 8.88. The molecule has 0 spiro atoms. The molecule has 0 saturated carbocycles. The predicted octanol–water partition coefficient (Wildman–Crippen LogP) is 0.528. The van der Waals surface area contributed by atoms with E-state index in [1.165, 1.54) is 0 Å². The second-order valence-electron chi connectivity index (χ2n) is 2.10. The Kier molecular flexibility index (Phi) is 3.83. The Morgan fingerprint density at radius 2 is 1.88 bits per heavy atom. The molecule has 0 aromatic rings. The van der Waals surface area contributed by atoms with Crippen molar-refractivity contribution in [2.24, 2.45) is 0 Å². The first-order valence-corrected chi connectivity index (χ1v) is 3.04. The lowest BCUT2D eigenvalue weighted by molar-refractivity contribution is 0.0259. The van der Waals surface area contributed by atoms with Crippen molar-refractivity contribution in [1.82, 2.24) is 0 Å². The molecular formula is C6H14O2. The van der Waals surface area contributed by atoms with Crippen molar-refractivity contribution < 1.29 is 10.2 Å². The van der Waals surface area contributed by atoms with Crippen molar-refractivity contribution in [3.8, 4) is 0 Å². The lowest BCUT2D eigenvalue weighted by Crippen LogP contribution is -2.21. The summed E-state index contributed by atoms with van der Waals surface area (Å²) in [6.07, 6.45) is 0.513. The maximum absolute atomic E-state index is 8.88. The number of aliphatic hydroxyl groups excluding tert-OH is 2. The molecule has 2 N–H and O–H groups in total. The van der Waals surface area contributed by atoms with E-state index >= 15 is 0 Å². The van der Waals surface area contributed by atoms with E-state index in [4.69, 9.17) is 10.2 Å². The molecule has 0 aromatic carbocycles. The molecule has 0 radical (unpaired) electrons. The fourth-order valence-electron chi connectivity index (χ4n) is 0.537. The van der Waals surface area contributed by atoms with Crippen LogP contribution in [0, 0.1) is 0 Å². The Bertz CT molecular complexity index is 52.5. The van der Waals surface area contributed by atoms with Crippen molar-refractivity contribution in [3.05, 3.63) is 0 Å². The lowest BCUT2D eigenvalue weighted by atomic mass is 10.1. The fourth-order valence-corrected chi connectivity index (χ4v) is 0.537. The van der Waals surface area contributed by atoms with Gasteiger partial charge >= 0.3 is 0 Å². The molecular weight excluding hydrogens is 104 g/mol. The summed E-state index contributed by atoms with van der Waals surface area (Å²) in [4.78, 5) is 0. The van der Waals surface area contributed by atoms with Crippen molar-refractivity contribution >= 4 is 0 Å². The summed E-state index contributed by atoms with van der Waals surface area (Å²) in [5.41, 5.74) is 0. The van der Waals surface area contributed by atoms with E-state index in [0.717, 1.165) is 6.42 Å². The molecule has 0 amide bonds. The highest BCUT2D eigenvalue weighted by atomic mass is 16.3. The second kappa shape index (κ2) is 3.87. The minimum atomic E-state index is -0.574. The summed E-state index contributed by atoms with van der Waals surface area (Å²) in [6, 6.07) is 0. The van der Waals surface area contributed by atoms with E-state index in [9.17, 15) is 0 Å². The van der Waals surface area contributed by atoms with E-state index in [1.54, 1.807) is 6.92 Å². The average Bonchev–Trinajstić information content (AvgIpc) is 1.67. The van der Waals surface area contributed by atoms with Crippen molar-refractivity contribution in [1.29, 1.82) is 0 Å². The largest absolute Gasteiger partial charge is 0.391 e. The van der Waals surface area contributed by atoms with Gasteiger partial charge < -0.3 is 10.2 Å². The molecule has 0 aliphatic rings. The predicted molar refractivity (Wildman–Crippen MR) is 32.6 cm³/mol. The molecule has 0 heterocycles. The molecule has 0 aliphatic heterocycles. The van der Waals surface area contributed by atoms with Crippen LogP contribution >= 0.6 is 0 Å². The maximum Gasteiger partial charge on any atom is 0.0796 e. The van der Waals surface area contributed by atoms with E-state index < -0.39 is 12.2 Å². The Morgan fingerprint density at radius 3 is 2.00 bits per heavy atom. The first kappa shape index (κ1) is 7.92. The first-order chi connectivity index (χ1) is 3.68. The normalized spacial score (nSPS) is 18.0. The summed E-state index contributed by atoms with van der Waals surface area (Å²) >= 11 is 0. The number of hydrogen-bond donors (Lipinski definition) is 2. The highest BCUT2D eigenvalue weighted by molar-refractivity contribution is 4.59. The Hall–Kier alpha value is -0.0800. The van der Waals surface area contributed by atoms with Crippen molar-refractivity contribution in [2.45, 2.75) is 38.9 Å². The fraction of sp³-hybridized carbons (Fsp3) is 1.00. The Labute approximate surface area is 50.2 Å². The molecule has 0 bridgehead atoms. The van der Waals surface area contributed by atoms with Gasteiger partial charge in [0.1, 0.15) is 0 Å². The van der Waals surface area contributed by atoms with E-state index in [2.05, 4.69) is 0 Å². The van der Waals surface area contributed by atoms with Gasteiger partial charge in [-0.3, -0.25) is 0 Å². The minimum absolute atomic E-state index is 0.528. The van der Waals surface area contributed by atoms with Gasteiger partial charge in [-0.05, 0) is 13.3 Å². The second-order valence-corrected chi connectivity index (χ2v) is 2.10. The first-order valence-electron chi connectivity index (χ1n) is 3.04. The van der Waals surface area contributed by atoms with Crippen molar-refractivity contribution in [2.75, 3.05) is 0 Å². The van der Waals surface area contributed by atoms with E-state index in [-0.39, 0.29) is 0 Å². The van der Waals surface area contributed by atoms with Gasteiger partial charge in [-0.25, -0.2) is 0 Å². The Balaban J connectivity index is 3.17. The molecule has 2 atom stereocenters. The van der Waals surface area contributed by atoms with Crippen LogP contribution in [-0.4, -0.2) is 22.4 Å². The standard InChI is InChI=1S/C6H14O2/c1-3-4-6(8)5(2)7/h5-8H,3-4H2,1-2H3/t5-,6?/m1/s1. The van der Waals surface area contributed by atoms with Gasteiger partial charge in [0.15, 0.2) is 0 Å². The molecule has 1 unspecified atom stereocenters. The third-order valence-electron chi connectivity index (χ3n) is 1.14. The SMILES string of the molecule is CCCC(O)[C@@H](C)O. The van der Waals surface area contributed by atoms with Gasteiger partial charge in [0, 0.05) is 0 Å². The molecule has 0 aromatic heterocycles. The van der Waals surface area contributed by atoms with Crippen LogP contribution in [0.4, 0.5) is 0 Å². The topological polar surface area (TPSA) is 40.5 Å². The van der Waals surface area contributed by atoms with Gasteiger partial charge in [-0.2, -0.15) is 0 Å². The van der Waals surface area contributed by atoms with Gasteiger partial charge in [-0.15, -0.1) is 0 Å². The Morgan fingerprint density at radius 1 is 1.38 bits per heavy atom. The van der Waals surface area contributed by atoms with Crippen LogP contribution in [0.1, 0.15) is 26.7 Å². The monoisotopic (exact) mass is 118 g/mol. The summed E-state index contributed by atoms with van der Waals surface area (Å²) in [5.74, 6) is 0. The zero-order valence-electron chi connectivity index (χ0n) is 5.46. The third-order valence-corrected chi connectivity index (χ3v) is 1.14. The van der Waals surface area contributed by atoms with Crippen LogP contribution in [0.3, 0.4) is 0 Å². The van der Waals surface area contributed by atoms with Crippen LogP contribution in [0.25, 0.3) is 0 Å². The van der Waals surface area contributed by atoms with E-state index in [1.807, 2.05) is 6.92 Å². The summed E-state index contributed by atoms with van der Waals surface area (Å²) in [5, 5.41) is 17.6. The highest BCUT2D eigenvalue weighted by Crippen LogP contribution is 1.99. The lowest BCUT2D eigenvalue weighted by Gasteiger charge is -2.10. The molecule has 0 rings (SSSR count). The zero-order chi connectivity index (χ0) is 6.57. The molecule has 8 heavy (non-hydrogen) atoms. The van der Waals surface area contributed by atoms with Gasteiger partial charge in [-0.1, -0.05) is 13.3 Å².